The normalized spacial score (nSPS) is 18.6. The number of thiophene rings is 1. The lowest BCUT2D eigenvalue weighted by molar-refractivity contribution is -0.173. The summed E-state index contributed by atoms with van der Waals surface area (Å²) in [6, 6.07) is 6.42. The molecule has 158 valence electrons. The van der Waals surface area contributed by atoms with Gasteiger partial charge >= 0.3 is 6.18 Å². The molecule has 30 heavy (non-hydrogen) atoms. The Morgan fingerprint density at radius 3 is 2.70 bits per heavy atom. The zero-order valence-corrected chi connectivity index (χ0v) is 17.6. The zero-order chi connectivity index (χ0) is 21.6. The Kier molecular flexibility index (Phi) is 5.27. The van der Waals surface area contributed by atoms with E-state index in [9.17, 15) is 18.0 Å². The number of hydrogen-bond acceptors (Lipinski definition) is 4. The zero-order valence-electron chi connectivity index (χ0n) is 16.0. The summed E-state index contributed by atoms with van der Waals surface area (Å²) in [5.74, 6) is -0.672. The molecule has 3 aromatic rings. The molecule has 1 amide bonds. The minimum atomic E-state index is -4.54. The molecule has 0 unspecified atom stereocenters. The number of hydrogen-bond donors (Lipinski definition) is 2. The molecule has 0 aliphatic carbocycles. The number of fused-ring (bicyclic) bond motifs is 1. The second kappa shape index (κ2) is 7.63. The maximum absolute atomic E-state index is 13.8. The predicted molar refractivity (Wildman–Crippen MR) is 111 cm³/mol. The smallest absolute Gasteiger partial charge is 0.361 e. The van der Waals surface area contributed by atoms with Gasteiger partial charge in [0.2, 0.25) is 0 Å². The highest BCUT2D eigenvalue weighted by Gasteiger charge is 2.48. The lowest BCUT2D eigenvalue weighted by Gasteiger charge is -2.32. The van der Waals surface area contributed by atoms with Crippen molar-refractivity contribution in [3.63, 3.8) is 0 Å². The molecule has 1 aliphatic rings. The summed E-state index contributed by atoms with van der Waals surface area (Å²) < 4.78 is 42.1. The number of aryl methyl sites for hydroxylation is 2. The molecule has 1 aliphatic heterocycles. The molecule has 0 saturated heterocycles. The van der Waals surface area contributed by atoms with Crippen molar-refractivity contribution in [3.05, 3.63) is 62.4 Å². The third kappa shape index (κ3) is 3.79. The van der Waals surface area contributed by atoms with Gasteiger partial charge in [0, 0.05) is 17.0 Å². The Balaban J connectivity index is 1.69. The van der Waals surface area contributed by atoms with Crippen molar-refractivity contribution in [3.8, 4) is 0 Å². The van der Waals surface area contributed by atoms with E-state index in [4.69, 9.17) is 11.6 Å². The summed E-state index contributed by atoms with van der Waals surface area (Å²) in [4.78, 5) is 13.5. The van der Waals surface area contributed by atoms with Gasteiger partial charge in [-0.15, -0.1) is 11.3 Å². The van der Waals surface area contributed by atoms with Gasteiger partial charge in [0.15, 0.2) is 11.7 Å². The summed E-state index contributed by atoms with van der Waals surface area (Å²) in [5, 5.41) is 11.3. The monoisotopic (exact) mass is 454 g/mol. The summed E-state index contributed by atoms with van der Waals surface area (Å²) in [6.07, 6.45) is -4.78. The van der Waals surface area contributed by atoms with Crippen LogP contribution in [-0.4, -0.2) is 21.9 Å². The van der Waals surface area contributed by atoms with Gasteiger partial charge in [-0.1, -0.05) is 23.7 Å². The standard InChI is InChI=1S/C20H18ClF3N4OS/c1-10-5-6-12(8-11(10)2)25-19(29)17-16(21)18-26-13(14-4-3-7-30-14)9-15(20(22,23)24)28(18)27-17/h3-8,13,15,26H,9H2,1-2H3,(H,25,29)/t13-,15-/m1/s1. The lowest BCUT2D eigenvalue weighted by atomic mass is 10.0. The molecule has 0 fully saturated rings. The molecule has 1 aromatic carbocycles. The van der Waals surface area contributed by atoms with Crippen LogP contribution in [0.15, 0.2) is 35.7 Å². The van der Waals surface area contributed by atoms with Gasteiger partial charge in [0.25, 0.3) is 5.91 Å². The van der Waals surface area contributed by atoms with E-state index in [1.54, 1.807) is 29.6 Å². The maximum Gasteiger partial charge on any atom is 0.410 e. The van der Waals surface area contributed by atoms with Gasteiger partial charge in [-0.25, -0.2) is 4.68 Å². The summed E-state index contributed by atoms with van der Waals surface area (Å²) >= 11 is 7.69. The van der Waals surface area contributed by atoms with E-state index in [0.717, 1.165) is 20.7 Å². The number of amides is 1. The number of alkyl halides is 3. The van der Waals surface area contributed by atoms with Crippen molar-refractivity contribution in [1.29, 1.82) is 0 Å². The van der Waals surface area contributed by atoms with Crippen LogP contribution in [0.4, 0.5) is 24.7 Å². The van der Waals surface area contributed by atoms with Gasteiger partial charge < -0.3 is 10.6 Å². The number of nitrogens with one attached hydrogen (secondary N) is 2. The topological polar surface area (TPSA) is 59.0 Å². The lowest BCUT2D eigenvalue weighted by Crippen LogP contribution is -2.35. The minimum absolute atomic E-state index is 0.00567. The first kappa shape index (κ1) is 20.7. The third-order valence-electron chi connectivity index (χ3n) is 5.16. The van der Waals surface area contributed by atoms with E-state index >= 15 is 0 Å². The first-order chi connectivity index (χ1) is 14.1. The molecule has 3 heterocycles. The van der Waals surface area contributed by atoms with Crippen LogP contribution in [-0.2, 0) is 0 Å². The SMILES string of the molecule is Cc1ccc(NC(=O)c2nn3c(c2Cl)N[C@@H](c2cccs2)C[C@@H]3C(F)(F)F)cc1C. The number of carbonyl (C=O) groups is 1. The van der Waals surface area contributed by atoms with Gasteiger partial charge in [0.05, 0.1) is 6.04 Å². The van der Waals surface area contributed by atoms with Crippen molar-refractivity contribution in [2.45, 2.75) is 38.5 Å². The molecule has 0 spiro atoms. The summed E-state index contributed by atoms with van der Waals surface area (Å²) in [5.41, 5.74) is 2.29. The molecule has 0 radical (unpaired) electrons. The second-order valence-electron chi connectivity index (χ2n) is 7.21. The fourth-order valence-electron chi connectivity index (χ4n) is 3.42. The molecule has 5 nitrogen and oxygen atoms in total. The fourth-order valence-corrected chi connectivity index (χ4v) is 4.48. The summed E-state index contributed by atoms with van der Waals surface area (Å²) in [6.45, 7) is 3.84. The van der Waals surface area contributed by atoms with E-state index in [-0.39, 0.29) is 23.0 Å². The van der Waals surface area contributed by atoms with Crippen molar-refractivity contribution in [2.75, 3.05) is 10.6 Å². The predicted octanol–water partition coefficient (Wildman–Crippen LogP) is 6.13. The molecule has 0 saturated carbocycles. The molecule has 2 aromatic heterocycles. The third-order valence-corrected chi connectivity index (χ3v) is 6.51. The molecule has 2 N–H and O–H groups in total. The first-order valence-corrected chi connectivity index (χ1v) is 10.4. The van der Waals surface area contributed by atoms with Crippen LogP contribution >= 0.6 is 22.9 Å². The van der Waals surface area contributed by atoms with Crippen LogP contribution in [0.25, 0.3) is 0 Å². The van der Waals surface area contributed by atoms with Crippen LogP contribution in [0.3, 0.4) is 0 Å². The molecule has 2 atom stereocenters. The molecular formula is C20H18ClF3N4OS. The highest BCUT2D eigenvalue weighted by Crippen LogP contribution is 2.46. The maximum atomic E-state index is 13.8. The van der Waals surface area contributed by atoms with E-state index in [1.165, 1.54) is 11.3 Å². The number of anilines is 2. The van der Waals surface area contributed by atoms with Crippen LogP contribution in [0.1, 0.15) is 45.0 Å². The summed E-state index contributed by atoms with van der Waals surface area (Å²) in [7, 11) is 0. The van der Waals surface area contributed by atoms with E-state index in [1.807, 2.05) is 19.9 Å². The Morgan fingerprint density at radius 1 is 1.30 bits per heavy atom. The van der Waals surface area contributed by atoms with Gasteiger partial charge in [-0.05, 0) is 48.6 Å². The van der Waals surface area contributed by atoms with Crippen LogP contribution in [0.2, 0.25) is 5.02 Å². The van der Waals surface area contributed by atoms with Gasteiger partial charge in [-0.3, -0.25) is 4.79 Å². The van der Waals surface area contributed by atoms with E-state index < -0.39 is 24.2 Å². The Bertz CT molecular complexity index is 1090. The fraction of sp³-hybridized carbons (Fsp3) is 0.300. The van der Waals surface area contributed by atoms with Crippen LogP contribution < -0.4 is 10.6 Å². The quantitative estimate of drug-likeness (QED) is 0.500. The first-order valence-electron chi connectivity index (χ1n) is 9.18. The van der Waals surface area contributed by atoms with Crippen molar-refractivity contribution >= 4 is 40.4 Å². The highest BCUT2D eigenvalue weighted by atomic mass is 35.5. The van der Waals surface area contributed by atoms with Crippen molar-refractivity contribution in [1.82, 2.24) is 9.78 Å². The number of rotatable bonds is 3. The highest BCUT2D eigenvalue weighted by molar-refractivity contribution is 7.10. The van der Waals surface area contributed by atoms with Gasteiger partial charge in [-0.2, -0.15) is 18.3 Å². The van der Waals surface area contributed by atoms with Crippen LogP contribution in [0.5, 0.6) is 0 Å². The van der Waals surface area contributed by atoms with Gasteiger partial charge in [0.1, 0.15) is 10.8 Å². The Labute approximate surface area is 179 Å². The van der Waals surface area contributed by atoms with E-state index in [2.05, 4.69) is 15.7 Å². The molecule has 0 bridgehead atoms. The number of halogens is 4. The Morgan fingerprint density at radius 2 is 2.07 bits per heavy atom. The largest absolute Gasteiger partial charge is 0.410 e. The average molecular weight is 455 g/mol. The van der Waals surface area contributed by atoms with Crippen LogP contribution in [0, 0.1) is 13.8 Å². The molecule has 4 rings (SSSR count). The van der Waals surface area contributed by atoms with Crippen molar-refractivity contribution < 1.29 is 18.0 Å². The van der Waals surface area contributed by atoms with Crippen molar-refractivity contribution in [2.24, 2.45) is 0 Å². The number of benzene rings is 1. The van der Waals surface area contributed by atoms with E-state index in [0.29, 0.717) is 5.69 Å². The molecule has 10 heteroatoms. The number of aromatic nitrogens is 2. The minimum Gasteiger partial charge on any atom is -0.361 e. The Hall–Kier alpha value is -2.52. The molecular weight excluding hydrogens is 437 g/mol. The number of nitrogens with zero attached hydrogens (tertiary/aromatic N) is 2. The second-order valence-corrected chi connectivity index (χ2v) is 8.57. The number of carbonyl (C=O) groups excluding carboxylic acids is 1. The average Bonchev–Trinajstić information content (AvgIpc) is 3.32.